The summed E-state index contributed by atoms with van der Waals surface area (Å²) in [5.41, 5.74) is 3.47. The highest BCUT2D eigenvalue weighted by Crippen LogP contribution is 2.32. The molecule has 0 saturated carbocycles. The monoisotopic (exact) mass is 336 g/mol. The first-order chi connectivity index (χ1) is 12.2. The zero-order chi connectivity index (χ0) is 17.2. The lowest BCUT2D eigenvalue weighted by molar-refractivity contribution is -0.122. The highest BCUT2D eigenvalue weighted by atomic mass is 16.5. The van der Waals surface area contributed by atoms with Crippen LogP contribution in [-0.4, -0.2) is 30.0 Å². The van der Waals surface area contributed by atoms with Crippen LogP contribution in [0.25, 0.3) is 0 Å². The fraction of sp³-hybridized carbons (Fsp3) is 0.381. The molecule has 0 aliphatic carbocycles. The summed E-state index contributed by atoms with van der Waals surface area (Å²) in [6.45, 7) is 4.90. The third kappa shape index (κ3) is 3.54. The van der Waals surface area contributed by atoms with Crippen molar-refractivity contribution in [2.24, 2.45) is 0 Å². The summed E-state index contributed by atoms with van der Waals surface area (Å²) in [6, 6.07) is 16.9. The van der Waals surface area contributed by atoms with Crippen molar-refractivity contribution >= 4 is 11.6 Å². The van der Waals surface area contributed by atoms with Gasteiger partial charge >= 0.3 is 0 Å². The first kappa shape index (κ1) is 16.2. The van der Waals surface area contributed by atoms with Gasteiger partial charge in [-0.1, -0.05) is 36.4 Å². The standard InChI is InChI=1S/C21H24N2O2/c1-15-21(24)22-19-13-16(7-8-20(19)25-15)14-23-11-9-18(10-12-23)17-5-3-2-4-6-17/h2-8,13,15,18H,9-12,14H2,1H3,(H,22,24)/t15-/m0/s1. The van der Waals surface area contributed by atoms with Gasteiger partial charge in [-0.25, -0.2) is 0 Å². The highest BCUT2D eigenvalue weighted by Gasteiger charge is 2.24. The molecule has 0 aromatic heterocycles. The van der Waals surface area contributed by atoms with Crippen molar-refractivity contribution in [2.45, 2.75) is 38.3 Å². The summed E-state index contributed by atoms with van der Waals surface area (Å²) < 4.78 is 5.63. The van der Waals surface area contributed by atoms with E-state index in [0.29, 0.717) is 5.92 Å². The molecule has 2 aliphatic rings. The molecule has 0 spiro atoms. The molecule has 2 aliphatic heterocycles. The summed E-state index contributed by atoms with van der Waals surface area (Å²) in [5, 5.41) is 2.93. The van der Waals surface area contributed by atoms with Crippen molar-refractivity contribution in [3.63, 3.8) is 0 Å². The summed E-state index contributed by atoms with van der Waals surface area (Å²) in [6.07, 6.45) is 1.98. The van der Waals surface area contributed by atoms with Crippen LogP contribution in [0.1, 0.15) is 36.8 Å². The minimum Gasteiger partial charge on any atom is -0.479 e. The van der Waals surface area contributed by atoms with Gasteiger partial charge in [-0.05, 0) is 62.0 Å². The smallest absolute Gasteiger partial charge is 0.265 e. The number of nitrogens with zero attached hydrogens (tertiary/aromatic N) is 1. The number of piperidine rings is 1. The second-order valence-corrected chi connectivity index (χ2v) is 7.04. The Balaban J connectivity index is 1.38. The lowest BCUT2D eigenvalue weighted by Gasteiger charge is -2.32. The van der Waals surface area contributed by atoms with Crippen LogP contribution in [0.2, 0.25) is 0 Å². The maximum Gasteiger partial charge on any atom is 0.265 e. The Morgan fingerprint density at radius 1 is 1.12 bits per heavy atom. The van der Waals surface area contributed by atoms with Gasteiger partial charge in [0.15, 0.2) is 6.10 Å². The Bertz CT molecular complexity index is 752. The van der Waals surface area contributed by atoms with Gasteiger partial charge in [0, 0.05) is 6.54 Å². The van der Waals surface area contributed by atoms with E-state index in [1.165, 1.54) is 24.0 Å². The normalized spacial score (nSPS) is 21.3. The fourth-order valence-corrected chi connectivity index (χ4v) is 3.76. The summed E-state index contributed by atoms with van der Waals surface area (Å²) in [5.74, 6) is 1.36. The molecule has 1 amide bonds. The molecule has 1 saturated heterocycles. The van der Waals surface area contributed by atoms with E-state index in [4.69, 9.17) is 4.74 Å². The largest absolute Gasteiger partial charge is 0.479 e. The number of likely N-dealkylation sites (tertiary alicyclic amines) is 1. The van der Waals surface area contributed by atoms with Gasteiger partial charge in [-0.3, -0.25) is 9.69 Å². The second kappa shape index (κ2) is 6.89. The minimum atomic E-state index is -0.421. The van der Waals surface area contributed by atoms with Crippen LogP contribution in [0.4, 0.5) is 5.69 Å². The van der Waals surface area contributed by atoms with Gasteiger partial charge in [-0.2, -0.15) is 0 Å². The molecular weight excluding hydrogens is 312 g/mol. The number of carbonyl (C=O) groups excluding carboxylic acids is 1. The van der Waals surface area contributed by atoms with Gasteiger partial charge in [-0.15, -0.1) is 0 Å². The van der Waals surface area contributed by atoms with Crippen LogP contribution in [0.15, 0.2) is 48.5 Å². The van der Waals surface area contributed by atoms with E-state index in [2.05, 4.69) is 46.6 Å². The van der Waals surface area contributed by atoms with Crippen molar-refractivity contribution in [2.75, 3.05) is 18.4 Å². The van der Waals surface area contributed by atoms with Crippen LogP contribution in [0, 0.1) is 0 Å². The molecule has 4 heteroatoms. The molecule has 4 nitrogen and oxygen atoms in total. The molecule has 0 unspecified atom stereocenters. The third-order valence-electron chi connectivity index (χ3n) is 5.24. The van der Waals surface area contributed by atoms with E-state index in [1.54, 1.807) is 6.92 Å². The quantitative estimate of drug-likeness (QED) is 0.927. The lowest BCUT2D eigenvalue weighted by Crippen LogP contribution is -2.35. The predicted octanol–water partition coefficient (Wildman–Crippen LogP) is 3.79. The SMILES string of the molecule is C[C@@H]1Oc2ccc(CN3CCC(c4ccccc4)CC3)cc2NC1=O. The Kier molecular flexibility index (Phi) is 4.45. The molecule has 2 aromatic carbocycles. The maximum absolute atomic E-state index is 11.8. The van der Waals surface area contributed by atoms with E-state index in [1.807, 2.05) is 12.1 Å². The van der Waals surface area contributed by atoms with Crippen LogP contribution in [-0.2, 0) is 11.3 Å². The van der Waals surface area contributed by atoms with Crippen LogP contribution >= 0.6 is 0 Å². The van der Waals surface area contributed by atoms with Gasteiger partial charge in [0.1, 0.15) is 5.75 Å². The molecule has 4 rings (SSSR count). The molecule has 130 valence electrons. The minimum absolute atomic E-state index is 0.0756. The van der Waals surface area contributed by atoms with Crippen molar-refractivity contribution < 1.29 is 9.53 Å². The number of carbonyl (C=O) groups is 1. The molecule has 2 heterocycles. The lowest BCUT2D eigenvalue weighted by atomic mass is 9.89. The van der Waals surface area contributed by atoms with E-state index in [-0.39, 0.29) is 5.91 Å². The molecule has 1 atom stereocenters. The molecule has 1 fully saturated rings. The van der Waals surface area contributed by atoms with E-state index in [0.717, 1.165) is 31.1 Å². The first-order valence-corrected chi connectivity index (χ1v) is 9.07. The summed E-state index contributed by atoms with van der Waals surface area (Å²) in [7, 11) is 0. The van der Waals surface area contributed by atoms with Crippen LogP contribution in [0.3, 0.4) is 0 Å². The number of ether oxygens (including phenoxy) is 1. The number of hydrogen-bond acceptors (Lipinski definition) is 3. The van der Waals surface area contributed by atoms with Crippen molar-refractivity contribution in [1.82, 2.24) is 4.90 Å². The molecule has 25 heavy (non-hydrogen) atoms. The molecule has 0 radical (unpaired) electrons. The predicted molar refractivity (Wildman–Crippen MR) is 98.9 cm³/mol. The second-order valence-electron chi connectivity index (χ2n) is 7.04. The Morgan fingerprint density at radius 3 is 2.64 bits per heavy atom. The molecule has 0 bridgehead atoms. The molecular formula is C21H24N2O2. The topological polar surface area (TPSA) is 41.6 Å². The third-order valence-corrected chi connectivity index (χ3v) is 5.24. The van der Waals surface area contributed by atoms with Gasteiger partial charge in [0.05, 0.1) is 5.69 Å². The van der Waals surface area contributed by atoms with E-state index >= 15 is 0 Å². The Hall–Kier alpha value is -2.33. The summed E-state index contributed by atoms with van der Waals surface area (Å²) in [4.78, 5) is 14.3. The van der Waals surface area contributed by atoms with Crippen molar-refractivity contribution in [3.8, 4) is 5.75 Å². The Morgan fingerprint density at radius 2 is 1.88 bits per heavy atom. The number of rotatable bonds is 3. The van der Waals surface area contributed by atoms with E-state index < -0.39 is 6.10 Å². The number of benzene rings is 2. The molecule has 1 N–H and O–H groups in total. The van der Waals surface area contributed by atoms with Gasteiger partial charge in [0.2, 0.25) is 0 Å². The number of anilines is 1. The average Bonchev–Trinajstić information content (AvgIpc) is 2.64. The Labute approximate surface area is 148 Å². The number of hydrogen-bond donors (Lipinski definition) is 1. The number of amides is 1. The average molecular weight is 336 g/mol. The zero-order valence-corrected chi connectivity index (χ0v) is 14.6. The first-order valence-electron chi connectivity index (χ1n) is 9.07. The number of nitrogens with one attached hydrogen (secondary N) is 1. The molecule has 2 aromatic rings. The number of fused-ring (bicyclic) bond motifs is 1. The van der Waals surface area contributed by atoms with Crippen LogP contribution in [0.5, 0.6) is 5.75 Å². The maximum atomic E-state index is 11.8. The zero-order valence-electron chi connectivity index (χ0n) is 14.6. The van der Waals surface area contributed by atoms with E-state index in [9.17, 15) is 4.79 Å². The van der Waals surface area contributed by atoms with Crippen LogP contribution < -0.4 is 10.1 Å². The summed E-state index contributed by atoms with van der Waals surface area (Å²) >= 11 is 0. The van der Waals surface area contributed by atoms with Crippen molar-refractivity contribution in [3.05, 3.63) is 59.7 Å². The fourth-order valence-electron chi connectivity index (χ4n) is 3.76. The highest BCUT2D eigenvalue weighted by molar-refractivity contribution is 5.97. The van der Waals surface area contributed by atoms with Gasteiger partial charge in [0.25, 0.3) is 5.91 Å². The van der Waals surface area contributed by atoms with Gasteiger partial charge < -0.3 is 10.1 Å². The van der Waals surface area contributed by atoms with Crippen molar-refractivity contribution in [1.29, 1.82) is 0 Å².